The minimum absolute atomic E-state index is 0.138. The van der Waals surface area contributed by atoms with Crippen molar-refractivity contribution < 1.29 is 19.4 Å². The maximum Gasteiger partial charge on any atom is 0.410 e. The molecule has 5 nitrogen and oxygen atoms in total. The third-order valence-electron chi connectivity index (χ3n) is 3.28. The van der Waals surface area contributed by atoms with Crippen LogP contribution < -0.4 is 4.74 Å². The fourth-order valence-corrected chi connectivity index (χ4v) is 2.25. The Bertz CT molecular complexity index is 495. The first-order chi connectivity index (χ1) is 9.85. The number of ether oxygens (including phenoxy) is 2. The minimum Gasteiger partial charge on any atom is -0.504 e. The molecule has 0 aliphatic carbocycles. The fourth-order valence-electron chi connectivity index (χ4n) is 2.25. The Morgan fingerprint density at radius 1 is 1.38 bits per heavy atom. The largest absolute Gasteiger partial charge is 0.504 e. The number of benzene rings is 1. The fraction of sp³-hybridized carbons (Fsp3) is 0.562. The summed E-state index contributed by atoms with van der Waals surface area (Å²) in [6, 6.07) is 6.89. The molecule has 1 aliphatic heterocycles. The molecule has 1 aromatic carbocycles. The molecule has 1 heterocycles. The summed E-state index contributed by atoms with van der Waals surface area (Å²) in [5.41, 5.74) is -0.471. The SMILES string of the molecule is CC(C)(C)OC(=O)N1CCC(COc2ccccc2O)C1. The van der Waals surface area contributed by atoms with E-state index in [1.54, 1.807) is 23.1 Å². The van der Waals surface area contributed by atoms with E-state index in [9.17, 15) is 9.90 Å². The number of carbonyl (C=O) groups is 1. The molecule has 0 saturated carbocycles. The number of nitrogens with zero attached hydrogens (tertiary/aromatic N) is 1. The van der Waals surface area contributed by atoms with Gasteiger partial charge >= 0.3 is 6.09 Å². The summed E-state index contributed by atoms with van der Waals surface area (Å²) < 4.78 is 11.0. The summed E-state index contributed by atoms with van der Waals surface area (Å²) in [4.78, 5) is 13.7. The molecule has 0 bridgehead atoms. The van der Waals surface area contributed by atoms with Crippen LogP contribution in [0.3, 0.4) is 0 Å². The molecule has 0 spiro atoms. The molecule has 1 N–H and O–H groups in total. The number of para-hydroxylation sites is 2. The van der Waals surface area contributed by atoms with Crippen LogP contribution in [0.1, 0.15) is 27.2 Å². The first kappa shape index (κ1) is 15.5. The lowest BCUT2D eigenvalue weighted by Gasteiger charge is -2.24. The van der Waals surface area contributed by atoms with Crippen molar-refractivity contribution in [1.82, 2.24) is 4.90 Å². The molecular formula is C16H23NO4. The van der Waals surface area contributed by atoms with E-state index in [-0.39, 0.29) is 17.8 Å². The number of hydrogen-bond acceptors (Lipinski definition) is 4. The van der Waals surface area contributed by atoms with Crippen LogP contribution in [0.4, 0.5) is 4.79 Å². The van der Waals surface area contributed by atoms with Crippen molar-refractivity contribution in [1.29, 1.82) is 0 Å². The van der Waals surface area contributed by atoms with Gasteiger partial charge in [0.05, 0.1) is 6.61 Å². The van der Waals surface area contributed by atoms with Crippen molar-refractivity contribution in [3.63, 3.8) is 0 Å². The van der Waals surface area contributed by atoms with Gasteiger partial charge in [0.1, 0.15) is 5.60 Å². The zero-order chi connectivity index (χ0) is 15.5. The van der Waals surface area contributed by atoms with E-state index in [1.165, 1.54) is 0 Å². The Kier molecular flexibility index (Phi) is 4.60. The van der Waals surface area contributed by atoms with Crippen molar-refractivity contribution in [3.8, 4) is 11.5 Å². The third kappa shape index (κ3) is 4.55. The monoisotopic (exact) mass is 293 g/mol. The Morgan fingerprint density at radius 3 is 2.76 bits per heavy atom. The molecule has 1 aromatic rings. The molecule has 2 rings (SSSR count). The van der Waals surface area contributed by atoms with Gasteiger partial charge in [-0.15, -0.1) is 0 Å². The van der Waals surface area contributed by atoms with Gasteiger partial charge in [-0.05, 0) is 39.3 Å². The number of phenolic OH excluding ortho intramolecular Hbond substituents is 1. The van der Waals surface area contributed by atoms with Gasteiger partial charge < -0.3 is 19.5 Å². The predicted octanol–water partition coefficient (Wildman–Crippen LogP) is 3.03. The lowest BCUT2D eigenvalue weighted by molar-refractivity contribution is 0.0284. The maximum absolute atomic E-state index is 12.0. The van der Waals surface area contributed by atoms with Crippen LogP contribution in [0, 0.1) is 5.92 Å². The molecule has 1 saturated heterocycles. The average molecular weight is 293 g/mol. The molecule has 116 valence electrons. The Morgan fingerprint density at radius 2 is 2.10 bits per heavy atom. The summed E-state index contributed by atoms with van der Waals surface area (Å²) in [5.74, 6) is 0.879. The van der Waals surface area contributed by atoms with Crippen LogP contribution in [-0.2, 0) is 4.74 Å². The van der Waals surface area contributed by atoms with Crippen LogP contribution in [0.5, 0.6) is 11.5 Å². The number of hydrogen-bond donors (Lipinski definition) is 1. The molecular weight excluding hydrogens is 270 g/mol. The highest BCUT2D eigenvalue weighted by Crippen LogP contribution is 2.26. The summed E-state index contributed by atoms with van der Waals surface area (Å²) in [5, 5.41) is 9.64. The van der Waals surface area contributed by atoms with Gasteiger partial charge in [-0.1, -0.05) is 12.1 Å². The molecule has 0 aromatic heterocycles. The van der Waals surface area contributed by atoms with E-state index in [0.29, 0.717) is 25.4 Å². The van der Waals surface area contributed by atoms with Gasteiger partial charge in [0.15, 0.2) is 11.5 Å². The van der Waals surface area contributed by atoms with Gasteiger partial charge in [0.2, 0.25) is 0 Å². The van der Waals surface area contributed by atoms with Gasteiger partial charge in [-0.3, -0.25) is 0 Å². The molecule has 1 unspecified atom stereocenters. The summed E-state index contributed by atoms with van der Waals surface area (Å²) in [7, 11) is 0. The van der Waals surface area contributed by atoms with Gasteiger partial charge in [-0.2, -0.15) is 0 Å². The molecule has 1 fully saturated rings. The lowest BCUT2D eigenvalue weighted by atomic mass is 10.1. The highest BCUT2D eigenvalue weighted by Gasteiger charge is 2.30. The maximum atomic E-state index is 12.0. The summed E-state index contributed by atoms with van der Waals surface area (Å²) in [6.45, 7) is 7.38. The highest BCUT2D eigenvalue weighted by atomic mass is 16.6. The van der Waals surface area contributed by atoms with E-state index in [4.69, 9.17) is 9.47 Å². The van der Waals surface area contributed by atoms with E-state index >= 15 is 0 Å². The third-order valence-corrected chi connectivity index (χ3v) is 3.28. The number of likely N-dealkylation sites (tertiary alicyclic amines) is 1. The molecule has 21 heavy (non-hydrogen) atoms. The van der Waals surface area contributed by atoms with E-state index < -0.39 is 5.60 Å². The number of aromatic hydroxyl groups is 1. The Hall–Kier alpha value is -1.91. The Labute approximate surface area is 125 Å². The van der Waals surface area contributed by atoms with Gasteiger partial charge in [0.25, 0.3) is 0 Å². The topological polar surface area (TPSA) is 59.0 Å². The van der Waals surface area contributed by atoms with Crippen molar-refractivity contribution in [2.75, 3.05) is 19.7 Å². The van der Waals surface area contributed by atoms with Crippen molar-refractivity contribution >= 4 is 6.09 Å². The molecule has 0 radical (unpaired) electrons. The van der Waals surface area contributed by atoms with Crippen molar-refractivity contribution in [2.24, 2.45) is 5.92 Å². The number of carbonyl (C=O) groups excluding carboxylic acids is 1. The normalized spacial score (nSPS) is 18.6. The smallest absolute Gasteiger partial charge is 0.410 e. The first-order valence-corrected chi connectivity index (χ1v) is 7.24. The molecule has 1 aliphatic rings. The van der Waals surface area contributed by atoms with Gasteiger partial charge in [0, 0.05) is 19.0 Å². The molecule has 1 atom stereocenters. The minimum atomic E-state index is -0.471. The van der Waals surface area contributed by atoms with Crippen LogP contribution >= 0.6 is 0 Å². The first-order valence-electron chi connectivity index (χ1n) is 7.24. The average Bonchev–Trinajstić information content (AvgIpc) is 2.85. The quantitative estimate of drug-likeness (QED) is 0.930. The molecule has 1 amide bonds. The second kappa shape index (κ2) is 6.24. The van der Waals surface area contributed by atoms with Crippen molar-refractivity contribution in [2.45, 2.75) is 32.8 Å². The second-order valence-corrected chi connectivity index (χ2v) is 6.36. The number of rotatable bonds is 3. The highest BCUT2D eigenvalue weighted by molar-refractivity contribution is 5.68. The zero-order valence-corrected chi connectivity index (χ0v) is 12.8. The van der Waals surface area contributed by atoms with Crippen LogP contribution in [0.25, 0.3) is 0 Å². The van der Waals surface area contributed by atoms with E-state index in [1.807, 2.05) is 26.8 Å². The van der Waals surface area contributed by atoms with E-state index in [0.717, 1.165) is 6.42 Å². The van der Waals surface area contributed by atoms with Crippen LogP contribution in [-0.4, -0.2) is 41.4 Å². The molecule has 5 heteroatoms. The van der Waals surface area contributed by atoms with Crippen molar-refractivity contribution in [3.05, 3.63) is 24.3 Å². The number of amides is 1. The van der Waals surface area contributed by atoms with E-state index in [2.05, 4.69) is 0 Å². The van der Waals surface area contributed by atoms with Crippen LogP contribution in [0.15, 0.2) is 24.3 Å². The summed E-state index contributed by atoms with van der Waals surface area (Å²) >= 11 is 0. The van der Waals surface area contributed by atoms with Crippen LogP contribution in [0.2, 0.25) is 0 Å². The zero-order valence-electron chi connectivity index (χ0n) is 12.8. The Balaban J connectivity index is 1.80. The lowest BCUT2D eigenvalue weighted by Crippen LogP contribution is -2.35. The second-order valence-electron chi connectivity index (χ2n) is 6.36. The standard InChI is InChI=1S/C16H23NO4/c1-16(2,3)21-15(19)17-9-8-12(10-17)11-20-14-7-5-4-6-13(14)18/h4-7,12,18H,8-11H2,1-3H3. The van der Waals surface area contributed by atoms with Gasteiger partial charge in [-0.25, -0.2) is 4.79 Å². The number of phenols is 1. The predicted molar refractivity (Wildman–Crippen MR) is 79.5 cm³/mol. The summed E-state index contributed by atoms with van der Waals surface area (Å²) in [6.07, 6.45) is 0.611.